The number of nitrogens with one attached hydrogen (secondary N) is 1. The zero-order valence-corrected chi connectivity index (χ0v) is 16.8. The van der Waals surface area contributed by atoms with Crippen LogP contribution in [0.2, 0.25) is 5.02 Å². The van der Waals surface area contributed by atoms with Crippen molar-refractivity contribution in [3.8, 4) is 0 Å². The van der Waals surface area contributed by atoms with Crippen molar-refractivity contribution in [3.63, 3.8) is 0 Å². The number of aryl methyl sites for hydroxylation is 2. The molecule has 1 aliphatic heterocycles. The first-order chi connectivity index (χ1) is 12.6. The van der Waals surface area contributed by atoms with E-state index in [-0.39, 0.29) is 0 Å². The molecule has 0 spiro atoms. The molecule has 0 radical (unpaired) electrons. The number of nitrogens with zero attached hydrogens (tertiary/aromatic N) is 3. The lowest BCUT2D eigenvalue weighted by Gasteiger charge is -2.36. The molecule has 0 saturated carbocycles. The third-order valence-corrected chi connectivity index (χ3v) is 5.50. The molecule has 1 saturated heterocycles. The molecule has 1 fully saturated rings. The first kappa shape index (κ1) is 19.0. The van der Waals surface area contributed by atoms with Crippen LogP contribution in [0.5, 0.6) is 0 Å². The highest BCUT2D eigenvalue weighted by Gasteiger charge is 2.23. The average molecular weight is 373 g/mol. The summed E-state index contributed by atoms with van der Waals surface area (Å²) >= 11 is 6.26. The van der Waals surface area contributed by atoms with E-state index < -0.39 is 0 Å². The zero-order valence-electron chi connectivity index (χ0n) is 16.1. The Morgan fingerprint density at radius 3 is 2.77 bits per heavy atom. The molecule has 26 heavy (non-hydrogen) atoms. The summed E-state index contributed by atoms with van der Waals surface area (Å²) in [5, 5.41) is 4.10. The summed E-state index contributed by atoms with van der Waals surface area (Å²) in [4.78, 5) is 12.0. The summed E-state index contributed by atoms with van der Waals surface area (Å²) in [6.45, 7) is 7.54. The maximum Gasteiger partial charge on any atom is 0.229 e. The minimum absolute atomic E-state index is 0.579. The third kappa shape index (κ3) is 4.47. The number of benzene rings is 1. The Morgan fingerprint density at radius 1 is 1.19 bits per heavy atom. The maximum absolute atomic E-state index is 6.26. The Kier molecular flexibility index (Phi) is 6.36. The van der Waals surface area contributed by atoms with E-state index in [1.54, 1.807) is 0 Å². The first-order valence-electron chi connectivity index (χ1n) is 9.78. The summed E-state index contributed by atoms with van der Waals surface area (Å²) in [6.07, 6.45) is 6.99. The van der Waals surface area contributed by atoms with Gasteiger partial charge in [0, 0.05) is 35.1 Å². The minimum atomic E-state index is 0.579. The molecule has 0 amide bonds. The molecule has 5 heteroatoms. The normalized spacial score (nSPS) is 17.4. The molecule has 0 aliphatic carbocycles. The number of aromatic nitrogens is 2. The van der Waals surface area contributed by atoms with Gasteiger partial charge in [0.05, 0.1) is 0 Å². The van der Waals surface area contributed by atoms with Crippen LogP contribution >= 0.6 is 11.6 Å². The van der Waals surface area contributed by atoms with Gasteiger partial charge < -0.3 is 10.2 Å². The molecule has 1 N–H and O–H groups in total. The second kappa shape index (κ2) is 8.72. The largest absolute Gasteiger partial charge is 0.353 e. The van der Waals surface area contributed by atoms with Crippen molar-refractivity contribution in [1.29, 1.82) is 0 Å². The summed E-state index contributed by atoms with van der Waals surface area (Å²) < 4.78 is 0. The molecule has 2 aromatic rings. The van der Waals surface area contributed by atoms with E-state index in [4.69, 9.17) is 21.6 Å². The number of anilines is 3. The van der Waals surface area contributed by atoms with Gasteiger partial charge in [0.25, 0.3) is 0 Å². The number of piperidine rings is 1. The summed E-state index contributed by atoms with van der Waals surface area (Å²) in [7, 11) is 0. The Balaban J connectivity index is 1.91. The standard InChI is InChI=1S/C21H29ClN4/c1-4-8-16-14-20(26-12-7-6-9-18(26)5-2)25-21(23-16)24-17-11-10-15(3)19(22)13-17/h10-11,13-14,18H,4-9,12H2,1-3H3,(H,23,24,25). The van der Waals surface area contributed by atoms with Gasteiger partial charge in [0.1, 0.15) is 5.82 Å². The van der Waals surface area contributed by atoms with Crippen molar-refractivity contribution in [2.24, 2.45) is 0 Å². The van der Waals surface area contributed by atoms with Crippen LogP contribution in [0.15, 0.2) is 24.3 Å². The molecule has 1 atom stereocenters. The molecular formula is C21H29ClN4. The van der Waals surface area contributed by atoms with Crippen LogP contribution in [0.1, 0.15) is 57.2 Å². The fourth-order valence-corrected chi connectivity index (χ4v) is 3.78. The average Bonchev–Trinajstić information content (AvgIpc) is 2.65. The molecule has 2 heterocycles. The zero-order chi connectivity index (χ0) is 18.5. The van der Waals surface area contributed by atoms with E-state index >= 15 is 0 Å². The third-order valence-electron chi connectivity index (χ3n) is 5.09. The van der Waals surface area contributed by atoms with Crippen molar-refractivity contribution in [2.45, 2.75) is 65.3 Å². The van der Waals surface area contributed by atoms with Crippen LogP contribution in [0.3, 0.4) is 0 Å². The molecule has 1 aliphatic rings. The monoisotopic (exact) mass is 372 g/mol. The molecule has 4 nitrogen and oxygen atoms in total. The minimum Gasteiger partial charge on any atom is -0.353 e. The molecule has 1 aromatic heterocycles. The smallest absolute Gasteiger partial charge is 0.229 e. The first-order valence-corrected chi connectivity index (χ1v) is 10.2. The van der Waals surface area contributed by atoms with E-state index in [0.29, 0.717) is 12.0 Å². The molecule has 140 valence electrons. The van der Waals surface area contributed by atoms with Crippen molar-refractivity contribution < 1.29 is 0 Å². The van der Waals surface area contributed by atoms with Gasteiger partial charge in [-0.2, -0.15) is 4.98 Å². The van der Waals surface area contributed by atoms with Gasteiger partial charge in [-0.25, -0.2) is 4.98 Å². The van der Waals surface area contributed by atoms with Crippen molar-refractivity contribution in [1.82, 2.24) is 9.97 Å². The SMILES string of the molecule is CCCc1cc(N2CCCCC2CC)nc(Nc2ccc(C)c(Cl)c2)n1. The highest BCUT2D eigenvalue weighted by molar-refractivity contribution is 6.31. The lowest BCUT2D eigenvalue weighted by Crippen LogP contribution is -2.39. The van der Waals surface area contributed by atoms with Crippen molar-refractivity contribution in [3.05, 3.63) is 40.5 Å². The molecular weight excluding hydrogens is 344 g/mol. The Labute approximate surface area is 162 Å². The Bertz CT molecular complexity index is 747. The second-order valence-corrected chi connectivity index (χ2v) is 7.54. The van der Waals surface area contributed by atoms with Crippen molar-refractivity contribution >= 4 is 29.1 Å². The number of hydrogen-bond acceptors (Lipinski definition) is 4. The van der Waals surface area contributed by atoms with Gasteiger partial charge in [-0.3, -0.25) is 0 Å². The molecule has 1 unspecified atom stereocenters. The summed E-state index contributed by atoms with van der Waals surface area (Å²) in [6, 6.07) is 8.72. The Hall–Kier alpha value is -1.81. The molecule has 0 bridgehead atoms. The quantitative estimate of drug-likeness (QED) is 0.684. The van der Waals surface area contributed by atoms with Gasteiger partial charge in [-0.05, 0) is 56.7 Å². The number of halogens is 1. The number of rotatable bonds is 6. The van der Waals surface area contributed by atoms with Crippen LogP contribution in [-0.2, 0) is 6.42 Å². The lowest BCUT2D eigenvalue weighted by molar-refractivity contribution is 0.446. The predicted octanol–water partition coefficient (Wildman–Crippen LogP) is 5.90. The number of hydrogen-bond donors (Lipinski definition) is 1. The Morgan fingerprint density at radius 2 is 2.04 bits per heavy atom. The summed E-state index contributed by atoms with van der Waals surface area (Å²) in [5.74, 6) is 1.71. The molecule has 3 rings (SSSR count). The van der Waals surface area contributed by atoms with Crippen LogP contribution in [0, 0.1) is 6.92 Å². The maximum atomic E-state index is 6.26. The van der Waals surface area contributed by atoms with E-state index in [1.807, 2.05) is 25.1 Å². The van der Waals surface area contributed by atoms with Gasteiger partial charge in [0.15, 0.2) is 0 Å². The second-order valence-electron chi connectivity index (χ2n) is 7.13. The van der Waals surface area contributed by atoms with Gasteiger partial charge in [-0.15, -0.1) is 0 Å². The lowest BCUT2D eigenvalue weighted by atomic mass is 10.00. The van der Waals surface area contributed by atoms with Gasteiger partial charge >= 0.3 is 0 Å². The van der Waals surface area contributed by atoms with Crippen LogP contribution in [-0.4, -0.2) is 22.6 Å². The predicted molar refractivity (Wildman–Crippen MR) is 111 cm³/mol. The van der Waals surface area contributed by atoms with Gasteiger partial charge in [-0.1, -0.05) is 37.9 Å². The highest BCUT2D eigenvalue weighted by atomic mass is 35.5. The fourth-order valence-electron chi connectivity index (χ4n) is 3.60. The van der Waals surface area contributed by atoms with Crippen LogP contribution in [0.25, 0.3) is 0 Å². The van der Waals surface area contributed by atoms with E-state index in [9.17, 15) is 0 Å². The van der Waals surface area contributed by atoms with Crippen molar-refractivity contribution in [2.75, 3.05) is 16.8 Å². The fraction of sp³-hybridized carbons (Fsp3) is 0.524. The van der Waals surface area contributed by atoms with Gasteiger partial charge in [0.2, 0.25) is 5.95 Å². The van der Waals surface area contributed by atoms with E-state index in [0.717, 1.165) is 53.6 Å². The highest BCUT2D eigenvalue weighted by Crippen LogP contribution is 2.28. The summed E-state index contributed by atoms with van der Waals surface area (Å²) in [5.41, 5.74) is 3.09. The van der Waals surface area contributed by atoms with Crippen LogP contribution < -0.4 is 10.2 Å². The topological polar surface area (TPSA) is 41.1 Å². The van der Waals surface area contributed by atoms with Crippen LogP contribution in [0.4, 0.5) is 17.5 Å². The molecule has 1 aromatic carbocycles. The van der Waals surface area contributed by atoms with E-state index in [1.165, 1.54) is 19.3 Å². The van der Waals surface area contributed by atoms with E-state index in [2.05, 4.69) is 30.1 Å².